The van der Waals surface area contributed by atoms with Gasteiger partial charge in [0.05, 0.1) is 12.5 Å². The Morgan fingerprint density at radius 2 is 1.89 bits per heavy atom. The van der Waals surface area contributed by atoms with Crippen molar-refractivity contribution in [3.8, 4) is 0 Å². The fourth-order valence-corrected chi connectivity index (χ4v) is 3.85. The van der Waals surface area contributed by atoms with Crippen LogP contribution in [0.3, 0.4) is 0 Å². The molecule has 1 unspecified atom stereocenters. The van der Waals surface area contributed by atoms with Gasteiger partial charge in [-0.1, -0.05) is 48.5 Å². The van der Waals surface area contributed by atoms with Crippen molar-refractivity contribution in [3.05, 3.63) is 78.2 Å². The molecule has 0 bridgehead atoms. The quantitative estimate of drug-likeness (QED) is 0.517. The maximum atomic E-state index is 12.8. The summed E-state index contributed by atoms with van der Waals surface area (Å²) in [6.07, 6.45) is 5.15. The van der Waals surface area contributed by atoms with Crippen LogP contribution < -0.4 is 5.32 Å². The van der Waals surface area contributed by atoms with Crippen LogP contribution in [-0.4, -0.2) is 32.5 Å². The zero-order valence-electron chi connectivity index (χ0n) is 15.7. The van der Waals surface area contributed by atoms with E-state index in [9.17, 15) is 4.79 Å². The number of carbonyl (C=O) groups excluding carboxylic acids is 1. The van der Waals surface area contributed by atoms with Crippen LogP contribution >= 0.6 is 11.8 Å². The highest BCUT2D eigenvalue weighted by Gasteiger charge is 2.20. The summed E-state index contributed by atoms with van der Waals surface area (Å²) in [6, 6.07) is 20.0. The maximum absolute atomic E-state index is 12.8. The molecule has 2 aromatic heterocycles. The summed E-state index contributed by atoms with van der Waals surface area (Å²) in [6.45, 7) is 0. The topological polar surface area (TPSA) is 59.3 Å². The Labute approximate surface area is 168 Å². The van der Waals surface area contributed by atoms with Crippen LogP contribution in [0.4, 0.5) is 0 Å². The molecule has 0 spiro atoms. The first-order valence-corrected chi connectivity index (χ1v) is 10.7. The molecule has 4 aromatic rings. The largest absolute Gasteiger partial charge is 0.346 e. The molecule has 0 aliphatic heterocycles. The predicted octanol–water partition coefficient (Wildman–Crippen LogP) is 4.04. The van der Waals surface area contributed by atoms with Crippen LogP contribution in [0.25, 0.3) is 16.4 Å². The van der Waals surface area contributed by atoms with Crippen molar-refractivity contribution < 1.29 is 4.79 Å². The van der Waals surface area contributed by atoms with Crippen molar-refractivity contribution in [1.82, 2.24) is 19.9 Å². The molecule has 1 amide bonds. The number of fused-ring (bicyclic) bond motifs is 2. The van der Waals surface area contributed by atoms with E-state index in [0.29, 0.717) is 6.42 Å². The minimum Gasteiger partial charge on any atom is -0.346 e. The van der Waals surface area contributed by atoms with E-state index in [-0.39, 0.29) is 11.9 Å². The Bertz CT molecular complexity index is 1110. The van der Waals surface area contributed by atoms with E-state index in [1.54, 1.807) is 11.8 Å². The van der Waals surface area contributed by atoms with Gasteiger partial charge in [0, 0.05) is 6.20 Å². The van der Waals surface area contributed by atoms with Gasteiger partial charge in [0.15, 0.2) is 11.5 Å². The van der Waals surface area contributed by atoms with Crippen molar-refractivity contribution in [2.24, 2.45) is 0 Å². The lowest BCUT2D eigenvalue weighted by Crippen LogP contribution is -2.31. The first-order chi connectivity index (χ1) is 13.7. The van der Waals surface area contributed by atoms with Crippen molar-refractivity contribution in [2.75, 3.05) is 12.0 Å². The SMILES string of the molecule is CSCCC(NC(=O)Cc1ccc2ccccc2c1)c1nnc2ccccn12. The van der Waals surface area contributed by atoms with Crippen LogP contribution in [0.1, 0.15) is 23.9 Å². The van der Waals surface area contributed by atoms with Crippen LogP contribution in [-0.2, 0) is 11.2 Å². The predicted molar refractivity (Wildman–Crippen MR) is 115 cm³/mol. The first kappa shape index (κ1) is 18.5. The zero-order chi connectivity index (χ0) is 19.3. The summed E-state index contributed by atoms with van der Waals surface area (Å²) in [7, 11) is 0. The number of nitrogens with zero attached hydrogens (tertiary/aromatic N) is 3. The Morgan fingerprint density at radius 3 is 2.75 bits per heavy atom. The molecule has 2 heterocycles. The maximum Gasteiger partial charge on any atom is 0.225 e. The molecule has 4 rings (SSSR count). The van der Waals surface area contributed by atoms with Crippen LogP contribution in [0.15, 0.2) is 66.9 Å². The Morgan fingerprint density at radius 1 is 1.07 bits per heavy atom. The molecule has 0 saturated carbocycles. The summed E-state index contributed by atoms with van der Waals surface area (Å²) in [5.41, 5.74) is 1.79. The molecule has 1 atom stereocenters. The molecule has 28 heavy (non-hydrogen) atoms. The lowest BCUT2D eigenvalue weighted by Gasteiger charge is -2.17. The molecular weight excluding hydrogens is 368 g/mol. The van der Waals surface area contributed by atoms with Crippen molar-refractivity contribution >= 4 is 34.1 Å². The van der Waals surface area contributed by atoms with E-state index in [0.717, 1.165) is 34.6 Å². The van der Waals surface area contributed by atoms with Gasteiger partial charge in [-0.3, -0.25) is 9.20 Å². The average Bonchev–Trinajstić information content (AvgIpc) is 3.15. The van der Waals surface area contributed by atoms with Crippen LogP contribution in [0, 0.1) is 0 Å². The van der Waals surface area contributed by atoms with Gasteiger partial charge in [0.2, 0.25) is 5.91 Å². The van der Waals surface area contributed by atoms with E-state index in [1.165, 1.54) is 5.39 Å². The number of pyridine rings is 1. The van der Waals surface area contributed by atoms with Crippen molar-refractivity contribution in [3.63, 3.8) is 0 Å². The van der Waals surface area contributed by atoms with Gasteiger partial charge < -0.3 is 5.32 Å². The van der Waals surface area contributed by atoms with Crippen LogP contribution in [0.2, 0.25) is 0 Å². The van der Waals surface area contributed by atoms with Gasteiger partial charge in [0.25, 0.3) is 0 Å². The molecule has 6 heteroatoms. The Balaban J connectivity index is 1.53. The van der Waals surface area contributed by atoms with Gasteiger partial charge in [-0.2, -0.15) is 11.8 Å². The second kappa shape index (κ2) is 8.44. The van der Waals surface area contributed by atoms with Crippen LogP contribution in [0.5, 0.6) is 0 Å². The second-order valence-corrected chi connectivity index (χ2v) is 7.73. The van der Waals surface area contributed by atoms with Gasteiger partial charge >= 0.3 is 0 Å². The third-order valence-electron chi connectivity index (χ3n) is 4.78. The summed E-state index contributed by atoms with van der Waals surface area (Å²) >= 11 is 1.76. The molecule has 2 aromatic carbocycles. The number of aromatic nitrogens is 3. The molecule has 0 aliphatic carbocycles. The molecule has 1 N–H and O–H groups in total. The molecule has 0 aliphatic rings. The number of hydrogen-bond donors (Lipinski definition) is 1. The van der Waals surface area contributed by atoms with Gasteiger partial charge in [-0.25, -0.2) is 0 Å². The average molecular weight is 391 g/mol. The Hall–Kier alpha value is -2.86. The minimum absolute atomic E-state index is 0.00550. The molecular formula is C22H22N4OS. The number of nitrogens with one attached hydrogen (secondary N) is 1. The number of hydrogen-bond acceptors (Lipinski definition) is 4. The van der Waals surface area contributed by atoms with E-state index in [2.05, 4.69) is 46.0 Å². The summed E-state index contributed by atoms with van der Waals surface area (Å²) in [5.74, 6) is 1.70. The third kappa shape index (κ3) is 4.02. The summed E-state index contributed by atoms with van der Waals surface area (Å²) in [4.78, 5) is 12.8. The van der Waals surface area contributed by atoms with Gasteiger partial charge in [-0.15, -0.1) is 10.2 Å². The van der Waals surface area contributed by atoms with Gasteiger partial charge in [-0.05, 0) is 46.9 Å². The smallest absolute Gasteiger partial charge is 0.225 e. The molecule has 5 nitrogen and oxygen atoms in total. The van der Waals surface area contributed by atoms with E-state index < -0.39 is 0 Å². The zero-order valence-corrected chi connectivity index (χ0v) is 16.5. The number of thioether (sulfide) groups is 1. The number of benzene rings is 2. The fourth-order valence-electron chi connectivity index (χ4n) is 3.38. The monoisotopic (exact) mass is 390 g/mol. The summed E-state index contributed by atoms with van der Waals surface area (Å²) < 4.78 is 1.95. The highest BCUT2D eigenvalue weighted by atomic mass is 32.2. The Kier molecular flexibility index (Phi) is 5.58. The number of amides is 1. The molecule has 0 fully saturated rings. The standard InChI is InChI=1S/C22H22N4OS/c1-28-13-11-19(22-25-24-20-8-4-5-12-26(20)22)23-21(27)15-16-9-10-17-6-2-3-7-18(17)14-16/h2-10,12,14,19H,11,13,15H2,1H3,(H,23,27). The first-order valence-electron chi connectivity index (χ1n) is 9.30. The van der Waals surface area contributed by atoms with Crippen molar-refractivity contribution in [1.29, 1.82) is 0 Å². The second-order valence-electron chi connectivity index (χ2n) is 6.75. The fraction of sp³-hybridized carbons (Fsp3) is 0.227. The third-order valence-corrected chi connectivity index (χ3v) is 5.42. The number of carbonyl (C=O) groups is 1. The van der Waals surface area contributed by atoms with Crippen molar-refractivity contribution in [2.45, 2.75) is 18.9 Å². The lowest BCUT2D eigenvalue weighted by molar-refractivity contribution is -0.121. The molecule has 0 radical (unpaired) electrons. The number of rotatable bonds is 7. The normalized spacial score (nSPS) is 12.3. The molecule has 0 saturated heterocycles. The minimum atomic E-state index is -0.169. The molecule has 142 valence electrons. The van der Waals surface area contributed by atoms with E-state index in [1.807, 2.05) is 47.0 Å². The highest BCUT2D eigenvalue weighted by molar-refractivity contribution is 7.98. The summed E-state index contributed by atoms with van der Waals surface area (Å²) in [5, 5.41) is 14.1. The highest BCUT2D eigenvalue weighted by Crippen LogP contribution is 2.20. The lowest BCUT2D eigenvalue weighted by atomic mass is 10.0. The van der Waals surface area contributed by atoms with E-state index in [4.69, 9.17) is 0 Å². The van der Waals surface area contributed by atoms with E-state index >= 15 is 0 Å². The van der Waals surface area contributed by atoms with Gasteiger partial charge in [0.1, 0.15) is 0 Å².